The van der Waals surface area contributed by atoms with Crippen molar-refractivity contribution < 1.29 is 19.8 Å². The van der Waals surface area contributed by atoms with Crippen molar-refractivity contribution in [2.45, 2.75) is 25.5 Å². The van der Waals surface area contributed by atoms with E-state index in [0.29, 0.717) is 0 Å². The van der Waals surface area contributed by atoms with Gasteiger partial charge in [0.05, 0.1) is 6.10 Å². The molecule has 1 aromatic rings. The number of β-amino-alcohol motifs (C(OH)–C–C–N with tert-alkyl or cyclic N) is 1. The summed E-state index contributed by atoms with van der Waals surface area (Å²) < 4.78 is 0. The lowest BCUT2D eigenvalue weighted by molar-refractivity contribution is -0.146. The molecule has 106 valence electrons. The zero-order chi connectivity index (χ0) is 14.7. The monoisotopic (exact) mass is 275 g/mol. The zero-order valence-electron chi connectivity index (χ0n) is 11.2. The second-order valence-corrected chi connectivity index (χ2v) is 4.92. The molecular formula is C15H17NO4. The number of carbonyl (C=O) groups is 2. The Morgan fingerprint density at radius 3 is 2.70 bits per heavy atom. The van der Waals surface area contributed by atoms with Gasteiger partial charge in [-0.05, 0) is 24.1 Å². The molecule has 2 N–H and O–H groups in total. The van der Waals surface area contributed by atoms with Crippen LogP contribution in [0.3, 0.4) is 0 Å². The maximum Gasteiger partial charge on any atom is 0.326 e. The van der Waals surface area contributed by atoms with E-state index in [4.69, 9.17) is 5.11 Å². The van der Waals surface area contributed by atoms with E-state index in [-0.39, 0.29) is 13.0 Å². The van der Waals surface area contributed by atoms with Gasteiger partial charge < -0.3 is 15.1 Å². The number of carboxylic acid groups (broad SMARTS) is 1. The predicted molar refractivity (Wildman–Crippen MR) is 74.0 cm³/mol. The van der Waals surface area contributed by atoms with Gasteiger partial charge in [-0.1, -0.05) is 24.3 Å². The highest BCUT2D eigenvalue weighted by Crippen LogP contribution is 2.19. The largest absolute Gasteiger partial charge is 0.480 e. The molecule has 2 rings (SSSR count). The van der Waals surface area contributed by atoms with Crippen LogP contribution in [-0.2, 0) is 9.59 Å². The van der Waals surface area contributed by atoms with Crippen molar-refractivity contribution in [3.05, 3.63) is 41.5 Å². The van der Waals surface area contributed by atoms with Gasteiger partial charge in [0, 0.05) is 19.0 Å². The first-order valence-corrected chi connectivity index (χ1v) is 6.44. The van der Waals surface area contributed by atoms with Gasteiger partial charge in [-0.15, -0.1) is 0 Å². The van der Waals surface area contributed by atoms with Crippen molar-refractivity contribution in [3.8, 4) is 0 Å². The minimum Gasteiger partial charge on any atom is -0.480 e. The second kappa shape index (κ2) is 5.88. The number of carboxylic acids is 1. The third-order valence-corrected chi connectivity index (χ3v) is 3.44. The van der Waals surface area contributed by atoms with E-state index in [1.54, 1.807) is 6.08 Å². The summed E-state index contributed by atoms with van der Waals surface area (Å²) in [5.74, 6) is -1.48. The van der Waals surface area contributed by atoms with Crippen molar-refractivity contribution in [1.82, 2.24) is 4.90 Å². The van der Waals surface area contributed by atoms with Gasteiger partial charge in [-0.25, -0.2) is 4.79 Å². The van der Waals surface area contributed by atoms with Crippen LogP contribution in [0.25, 0.3) is 6.08 Å². The number of carbonyl (C=O) groups excluding carboxylic acids is 1. The first-order chi connectivity index (χ1) is 9.49. The van der Waals surface area contributed by atoms with E-state index in [2.05, 4.69) is 0 Å². The minimum atomic E-state index is -1.08. The van der Waals surface area contributed by atoms with E-state index in [1.165, 1.54) is 11.0 Å². The summed E-state index contributed by atoms with van der Waals surface area (Å²) in [5.41, 5.74) is 1.94. The van der Waals surface area contributed by atoms with E-state index >= 15 is 0 Å². The van der Waals surface area contributed by atoms with Gasteiger partial charge in [0.25, 0.3) is 0 Å². The molecule has 5 nitrogen and oxygen atoms in total. The van der Waals surface area contributed by atoms with E-state index in [9.17, 15) is 14.7 Å². The lowest BCUT2D eigenvalue weighted by Crippen LogP contribution is -2.39. The van der Waals surface area contributed by atoms with Gasteiger partial charge in [-0.2, -0.15) is 0 Å². The smallest absolute Gasteiger partial charge is 0.326 e. The third kappa shape index (κ3) is 3.05. The molecule has 1 amide bonds. The first kappa shape index (κ1) is 14.3. The molecule has 20 heavy (non-hydrogen) atoms. The highest BCUT2D eigenvalue weighted by Gasteiger charge is 2.37. The average molecular weight is 275 g/mol. The number of amides is 1. The third-order valence-electron chi connectivity index (χ3n) is 3.44. The van der Waals surface area contributed by atoms with Crippen LogP contribution in [0, 0.1) is 6.92 Å². The Hall–Kier alpha value is -2.14. The van der Waals surface area contributed by atoms with Crippen LogP contribution < -0.4 is 0 Å². The Morgan fingerprint density at radius 2 is 2.05 bits per heavy atom. The van der Waals surface area contributed by atoms with Crippen LogP contribution in [0.15, 0.2) is 30.3 Å². The molecular weight excluding hydrogens is 258 g/mol. The molecule has 0 aliphatic carbocycles. The Morgan fingerprint density at radius 1 is 1.35 bits per heavy atom. The fourth-order valence-electron chi connectivity index (χ4n) is 2.32. The molecule has 0 spiro atoms. The summed E-state index contributed by atoms with van der Waals surface area (Å²) in [5, 5.41) is 18.6. The van der Waals surface area contributed by atoms with E-state index in [0.717, 1.165) is 11.1 Å². The number of benzene rings is 1. The maximum absolute atomic E-state index is 12.1. The number of likely N-dealkylation sites (tertiary alicyclic amines) is 1. The molecule has 5 heteroatoms. The van der Waals surface area contributed by atoms with Crippen molar-refractivity contribution >= 4 is 18.0 Å². The molecule has 1 heterocycles. The molecule has 1 aliphatic rings. The van der Waals surface area contributed by atoms with E-state index in [1.807, 2.05) is 31.2 Å². The summed E-state index contributed by atoms with van der Waals surface area (Å²) in [7, 11) is 0. The molecule has 2 atom stereocenters. The topological polar surface area (TPSA) is 77.8 Å². The highest BCUT2D eigenvalue weighted by molar-refractivity contribution is 5.95. The molecule has 0 bridgehead atoms. The van der Waals surface area contributed by atoms with E-state index < -0.39 is 24.0 Å². The number of aryl methyl sites for hydroxylation is 1. The van der Waals surface area contributed by atoms with Crippen molar-refractivity contribution in [3.63, 3.8) is 0 Å². The summed E-state index contributed by atoms with van der Waals surface area (Å²) in [4.78, 5) is 24.3. The molecule has 0 radical (unpaired) electrons. The van der Waals surface area contributed by atoms with Gasteiger partial charge in [0.1, 0.15) is 6.04 Å². The van der Waals surface area contributed by atoms with Crippen LogP contribution in [-0.4, -0.2) is 45.7 Å². The maximum atomic E-state index is 12.1. The van der Waals surface area contributed by atoms with Gasteiger partial charge in [-0.3, -0.25) is 4.79 Å². The van der Waals surface area contributed by atoms with Crippen molar-refractivity contribution in [1.29, 1.82) is 0 Å². The summed E-state index contributed by atoms with van der Waals surface area (Å²) >= 11 is 0. The van der Waals surface area contributed by atoms with Crippen LogP contribution in [0.4, 0.5) is 0 Å². The first-order valence-electron chi connectivity index (χ1n) is 6.44. The number of nitrogens with zero attached hydrogens (tertiary/aromatic N) is 1. The SMILES string of the molecule is Cc1ccccc1/C=C/C(=O)N1CC(O)CC1C(=O)O. The fourth-order valence-corrected chi connectivity index (χ4v) is 2.32. The summed E-state index contributed by atoms with van der Waals surface area (Å²) in [6.07, 6.45) is 2.34. The normalized spacial score (nSPS) is 22.4. The van der Waals surface area contributed by atoms with Gasteiger partial charge in [0.2, 0.25) is 5.91 Å². The zero-order valence-corrected chi connectivity index (χ0v) is 11.2. The standard InChI is InChI=1S/C15H17NO4/c1-10-4-2-3-5-11(10)6-7-14(18)16-9-12(17)8-13(16)15(19)20/h2-7,12-13,17H,8-9H2,1H3,(H,19,20)/b7-6+. The van der Waals surface area contributed by atoms with Crippen LogP contribution in [0.5, 0.6) is 0 Å². The molecule has 1 fully saturated rings. The summed E-state index contributed by atoms with van der Waals surface area (Å²) in [6.45, 7) is 2.00. The number of aliphatic carboxylic acids is 1. The lowest BCUT2D eigenvalue weighted by Gasteiger charge is -2.19. The quantitative estimate of drug-likeness (QED) is 0.808. The molecule has 0 aromatic heterocycles. The van der Waals surface area contributed by atoms with Crippen molar-refractivity contribution in [2.75, 3.05) is 6.54 Å². The number of aliphatic hydroxyl groups is 1. The highest BCUT2D eigenvalue weighted by atomic mass is 16.4. The van der Waals surface area contributed by atoms with Gasteiger partial charge in [0.15, 0.2) is 0 Å². The Bertz CT molecular complexity index is 553. The number of aliphatic hydroxyl groups excluding tert-OH is 1. The molecule has 0 saturated carbocycles. The average Bonchev–Trinajstić information content (AvgIpc) is 2.80. The Labute approximate surface area is 117 Å². The number of hydrogen-bond acceptors (Lipinski definition) is 3. The number of rotatable bonds is 3. The van der Waals surface area contributed by atoms with Crippen LogP contribution in [0.2, 0.25) is 0 Å². The Balaban J connectivity index is 2.12. The predicted octanol–water partition coefficient (Wildman–Crippen LogP) is 1.05. The van der Waals surface area contributed by atoms with Gasteiger partial charge >= 0.3 is 5.97 Å². The lowest BCUT2D eigenvalue weighted by atomic mass is 10.1. The minimum absolute atomic E-state index is 0.0634. The Kier molecular flexibility index (Phi) is 4.20. The molecule has 2 unspecified atom stereocenters. The number of hydrogen-bond donors (Lipinski definition) is 2. The van der Waals surface area contributed by atoms with Crippen molar-refractivity contribution in [2.24, 2.45) is 0 Å². The molecule has 1 aliphatic heterocycles. The fraction of sp³-hybridized carbons (Fsp3) is 0.333. The van der Waals surface area contributed by atoms with Crippen LogP contribution in [0.1, 0.15) is 17.5 Å². The molecule has 1 aromatic carbocycles. The molecule has 1 saturated heterocycles. The van der Waals surface area contributed by atoms with Crippen LogP contribution >= 0.6 is 0 Å². The summed E-state index contributed by atoms with van der Waals surface area (Å²) in [6, 6.07) is 6.65. The second-order valence-electron chi connectivity index (χ2n) is 4.92.